The van der Waals surface area contributed by atoms with Crippen LogP contribution in [0.15, 0.2) is 18.2 Å². The first kappa shape index (κ1) is 12.6. The number of nitrogens with one attached hydrogen (secondary N) is 1. The smallest absolute Gasteiger partial charge is 0.0412 e. The summed E-state index contributed by atoms with van der Waals surface area (Å²) in [5.41, 5.74) is 4.17. The van der Waals surface area contributed by atoms with Crippen LogP contribution in [-0.4, -0.2) is 18.6 Å². The SMILES string of the molecule is CCSCC(NC)c1cc(C)ccc1C. The highest BCUT2D eigenvalue weighted by Gasteiger charge is 2.11. The van der Waals surface area contributed by atoms with Crippen LogP contribution in [0.2, 0.25) is 0 Å². The molecular weight excluding hydrogens is 202 g/mol. The van der Waals surface area contributed by atoms with Gasteiger partial charge in [0.25, 0.3) is 0 Å². The molecule has 0 spiro atoms. The summed E-state index contributed by atoms with van der Waals surface area (Å²) in [6.45, 7) is 6.55. The van der Waals surface area contributed by atoms with Crippen molar-refractivity contribution in [3.05, 3.63) is 34.9 Å². The zero-order chi connectivity index (χ0) is 11.3. The van der Waals surface area contributed by atoms with Crippen molar-refractivity contribution in [1.82, 2.24) is 5.32 Å². The molecule has 0 fully saturated rings. The molecule has 1 rings (SSSR count). The van der Waals surface area contributed by atoms with Crippen molar-refractivity contribution in [2.45, 2.75) is 26.8 Å². The fourth-order valence-corrected chi connectivity index (χ4v) is 2.52. The van der Waals surface area contributed by atoms with Crippen molar-refractivity contribution in [3.63, 3.8) is 0 Å². The third-order valence-corrected chi connectivity index (χ3v) is 3.62. The first-order chi connectivity index (χ1) is 7.19. The summed E-state index contributed by atoms with van der Waals surface area (Å²) in [6, 6.07) is 7.17. The van der Waals surface area contributed by atoms with Crippen LogP contribution in [0.5, 0.6) is 0 Å². The molecule has 15 heavy (non-hydrogen) atoms. The largest absolute Gasteiger partial charge is 0.312 e. The molecule has 0 saturated carbocycles. The fourth-order valence-electron chi connectivity index (χ4n) is 1.70. The second-order valence-electron chi connectivity index (χ2n) is 3.86. The second-order valence-corrected chi connectivity index (χ2v) is 5.18. The van der Waals surface area contributed by atoms with Crippen molar-refractivity contribution >= 4 is 11.8 Å². The Labute approximate surface area is 97.7 Å². The predicted molar refractivity (Wildman–Crippen MR) is 70.7 cm³/mol. The molecule has 0 heterocycles. The highest BCUT2D eigenvalue weighted by Crippen LogP contribution is 2.22. The first-order valence-corrected chi connectivity index (χ1v) is 6.66. The zero-order valence-corrected chi connectivity index (χ0v) is 10.9. The summed E-state index contributed by atoms with van der Waals surface area (Å²) in [4.78, 5) is 0. The van der Waals surface area contributed by atoms with E-state index in [1.54, 1.807) is 0 Å². The van der Waals surface area contributed by atoms with Crippen LogP contribution in [0.3, 0.4) is 0 Å². The van der Waals surface area contributed by atoms with Gasteiger partial charge < -0.3 is 5.32 Å². The molecule has 1 nitrogen and oxygen atoms in total. The monoisotopic (exact) mass is 223 g/mol. The Morgan fingerprint density at radius 1 is 1.33 bits per heavy atom. The topological polar surface area (TPSA) is 12.0 Å². The predicted octanol–water partition coefficient (Wildman–Crippen LogP) is 3.32. The minimum Gasteiger partial charge on any atom is -0.312 e. The summed E-state index contributed by atoms with van der Waals surface area (Å²) in [6.07, 6.45) is 0. The molecule has 2 heteroatoms. The third-order valence-electron chi connectivity index (χ3n) is 2.65. The normalized spacial score (nSPS) is 12.8. The fraction of sp³-hybridized carbons (Fsp3) is 0.538. The highest BCUT2D eigenvalue weighted by molar-refractivity contribution is 7.99. The van der Waals surface area contributed by atoms with E-state index in [0.29, 0.717) is 6.04 Å². The molecule has 1 aromatic rings. The van der Waals surface area contributed by atoms with Gasteiger partial charge in [0, 0.05) is 11.8 Å². The number of thioether (sulfide) groups is 1. The van der Waals surface area contributed by atoms with E-state index in [0.717, 1.165) is 5.75 Å². The molecule has 0 amide bonds. The molecule has 0 aliphatic rings. The molecule has 0 aliphatic heterocycles. The molecule has 1 unspecified atom stereocenters. The average Bonchev–Trinajstić information content (AvgIpc) is 2.24. The van der Waals surface area contributed by atoms with E-state index < -0.39 is 0 Å². The second kappa shape index (κ2) is 6.19. The average molecular weight is 223 g/mol. The molecule has 0 saturated heterocycles. The number of hydrogen-bond donors (Lipinski definition) is 1. The van der Waals surface area contributed by atoms with Gasteiger partial charge >= 0.3 is 0 Å². The third kappa shape index (κ3) is 3.54. The van der Waals surface area contributed by atoms with Crippen molar-refractivity contribution in [1.29, 1.82) is 0 Å². The maximum absolute atomic E-state index is 3.40. The molecule has 0 bridgehead atoms. The molecule has 1 aromatic carbocycles. The van der Waals surface area contributed by atoms with Crippen LogP contribution in [-0.2, 0) is 0 Å². The van der Waals surface area contributed by atoms with E-state index in [4.69, 9.17) is 0 Å². The molecular formula is C13H21NS. The highest BCUT2D eigenvalue weighted by atomic mass is 32.2. The Morgan fingerprint density at radius 3 is 2.67 bits per heavy atom. The lowest BCUT2D eigenvalue weighted by atomic mass is 10.0. The Kier molecular flexibility index (Phi) is 5.20. The number of benzene rings is 1. The Hall–Kier alpha value is -0.470. The lowest BCUT2D eigenvalue weighted by Gasteiger charge is -2.18. The zero-order valence-electron chi connectivity index (χ0n) is 10.1. The van der Waals surface area contributed by atoms with Gasteiger partial charge in [-0.25, -0.2) is 0 Å². The Morgan fingerprint density at radius 2 is 2.07 bits per heavy atom. The van der Waals surface area contributed by atoms with E-state index >= 15 is 0 Å². The van der Waals surface area contributed by atoms with Crippen LogP contribution >= 0.6 is 11.8 Å². The minimum absolute atomic E-state index is 0.481. The van der Waals surface area contributed by atoms with E-state index in [1.165, 1.54) is 22.4 Å². The van der Waals surface area contributed by atoms with E-state index in [2.05, 4.69) is 44.3 Å². The van der Waals surface area contributed by atoms with Crippen LogP contribution in [0.25, 0.3) is 0 Å². The number of aryl methyl sites for hydroxylation is 2. The summed E-state index contributed by atoms with van der Waals surface area (Å²) in [5, 5.41) is 3.40. The molecule has 0 aliphatic carbocycles. The molecule has 0 aromatic heterocycles. The Balaban J connectivity index is 2.85. The maximum Gasteiger partial charge on any atom is 0.0412 e. The van der Waals surface area contributed by atoms with Gasteiger partial charge in [-0.3, -0.25) is 0 Å². The molecule has 1 N–H and O–H groups in total. The summed E-state index contributed by atoms with van der Waals surface area (Å²) in [5.74, 6) is 2.33. The van der Waals surface area contributed by atoms with E-state index in [-0.39, 0.29) is 0 Å². The van der Waals surface area contributed by atoms with Crippen LogP contribution < -0.4 is 5.32 Å². The van der Waals surface area contributed by atoms with Crippen LogP contribution in [0.4, 0.5) is 0 Å². The summed E-state index contributed by atoms with van der Waals surface area (Å²) >= 11 is 1.99. The van der Waals surface area contributed by atoms with Gasteiger partial charge in [0.05, 0.1) is 0 Å². The van der Waals surface area contributed by atoms with Gasteiger partial charge in [-0.15, -0.1) is 0 Å². The van der Waals surface area contributed by atoms with Gasteiger partial charge in [-0.1, -0.05) is 30.7 Å². The van der Waals surface area contributed by atoms with Gasteiger partial charge in [0.15, 0.2) is 0 Å². The lowest BCUT2D eigenvalue weighted by molar-refractivity contribution is 0.657. The van der Waals surface area contributed by atoms with Gasteiger partial charge in [0.1, 0.15) is 0 Å². The summed E-state index contributed by atoms with van der Waals surface area (Å²) in [7, 11) is 2.04. The standard InChI is InChI=1S/C13H21NS/c1-5-15-9-13(14-4)12-8-10(2)6-7-11(12)3/h6-8,13-14H,5,9H2,1-4H3. The Bertz CT molecular complexity index is 309. The van der Waals surface area contributed by atoms with Crippen molar-refractivity contribution in [3.8, 4) is 0 Å². The lowest BCUT2D eigenvalue weighted by Crippen LogP contribution is -2.20. The first-order valence-electron chi connectivity index (χ1n) is 5.51. The van der Waals surface area contributed by atoms with Crippen LogP contribution in [0, 0.1) is 13.8 Å². The number of rotatable bonds is 5. The van der Waals surface area contributed by atoms with Crippen molar-refractivity contribution < 1.29 is 0 Å². The summed E-state index contributed by atoms with van der Waals surface area (Å²) < 4.78 is 0. The van der Waals surface area contributed by atoms with Crippen molar-refractivity contribution in [2.75, 3.05) is 18.6 Å². The molecule has 0 radical (unpaired) electrons. The van der Waals surface area contributed by atoms with Crippen molar-refractivity contribution in [2.24, 2.45) is 0 Å². The van der Waals surface area contributed by atoms with Gasteiger partial charge in [-0.2, -0.15) is 11.8 Å². The minimum atomic E-state index is 0.481. The molecule has 84 valence electrons. The van der Waals surface area contributed by atoms with Crippen LogP contribution in [0.1, 0.15) is 29.7 Å². The number of hydrogen-bond acceptors (Lipinski definition) is 2. The van der Waals surface area contributed by atoms with Gasteiger partial charge in [0.2, 0.25) is 0 Å². The van der Waals surface area contributed by atoms with E-state index in [1.807, 2.05) is 18.8 Å². The van der Waals surface area contributed by atoms with E-state index in [9.17, 15) is 0 Å². The molecule has 1 atom stereocenters. The van der Waals surface area contributed by atoms with Gasteiger partial charge in [-0.05, 0) is 37.8 Å². The maximum atomic E-state index is 3.40. The quantitative estimate of drug-likeness (QED) is 0.822.